The molecular weight excluding hydrogens is 411 g/mol. The van der Waals surface area contributed by atoms with Crippen molar-refractivity contribution in [1.29, 1.82) is 0 Å². The molecule has 0 N–H and O–H groups in total. The van der Waals surface area contributed by atoms with Crippen LogP contribution in [0.5, 0.6) is 0 Å². The van der Waals surface area contributed by atoms with Crippen LogP contribution >= 0.6 is 0 Å². The minimum atomic E-state index is -4.26. The van der Waals surface area contributed by atoms with Gasteiger partial charge < -0.3 is 9.11 Å². The fourth-order valence-corrected chi connectivity index (χ4v) is 3.82. The van der Waals surface area contributed by atoms with Crippen molar-refractivity contribution >= 4 is 20.2 Å². The van der Waals surface area contributed by atoms with Gasteiger partial charge in [-0.05, 0) is 25.7 Å². The molecule has 1 radical (unpaired) electrons. The van der Waals surface area contributed by atoms with E-state index in [0.29, 0.717) is 0 Å². The van der Waals surface area contributed by atoms with Crippen LogP contribution in [0, 0.1) is 11.8 Å². The van der Waals surface area contributed by atoms with Gasteiger partial charge in [0.05, 0.1) is 9.49 Å². The molecule has 0 aromatic rings. The van der Waals surface area contributed by atoms with Crippen molar-refractivity contribution in [3.63, 3.8) is 0 Å². The molecule has 0 fully saturated rings. The summed E-state index contributed by atoms with van der Waals surface area (Å²) < 4.78 is 62.7. The van der Waals surface area contributed by atoms with Gasteiger partial charge in [0.2, 0.25) is 0 Å². The summed E-state index contributed by atoms with van der Waals surface area (Å²) in [5.74, 6) is -0.519. The Hall–Kier alpha value is -0.714. The van der Waals surface area contributed by atoms with Gasteiger partial charge in [-0.1, -0.05) is 62.5 Å². The van der Waals surface area contributed by atoms with Crippen LogP contribution in [0.4, 0.5) is 0 Å². The predicted molar refractivity (Wildman–Crippen MR) is 91.1 cm³/mol. The van der Waals surface area contributed by atoms with E-state index in [-0.39, 0.29) is 28.6 Å². The van der Waals surface area contributed by atoms with Crippen molar-refractivity contribution in [3.8, 4) is 0 Å². The minimum Gasteiger partial charge on any atom is -0.747 e. The number of hydrogen-bond donors (Lipinski definition) is 0. The van der Waals surface area contributed by atoms with Crippen molar-refractivity contribution < 1.29 is 42.7 Å². The molecule has 0 saturated carbocycles. The van der Waals surface area contributed by atoms with E-state index < -0.39 is 29.7 Å². The zero-order valence-electron chi connectivity index (χ0n) is 14.4. The maximum absolute atomic E-state index is 10.9. The van der Waals surface area contributed by atoms with E-state index in [9.17, 15) is 25.9 Å². The summed E-state index contributed by atoms with van der Waals surface area (Å²) in [7, 11) is -8.53. The Morgan fingerprint density at radius 1 is 0.720 bits per heavy atom. The van der Waals surface area contributed by atoms with Crippen LogP contribution in [0.15, 0.2) is 48.6 Å². The van der Waals surface area contributed by atoms with Crippen molar-refractivity contribution in [2.24, 2.45) is 11.8 Å². The van der Waals surface area contributed by atoms with Crippen molar-refractivity contribution in [3.05, 3.63) is 48.6 Å². The van der Waals surface area contributed by atoms with E-state index in [1.54, 1.807) is 50.3 Å². The molecule has 0 heterocycles. The maximum Gasteiger partial charge on any atom is 2.00 e. The molecule has 0 amide bonds. The third kappa shape index (κ3) is 5.14. The molecule has 0 saturated heterocycles. The molecule has 9 heteroatoms. The van der Waals surface area contributed by atoms with Crippen LogP contribution in [-0.2, 0) is 37.0 Å². The van der Waals surface area contributed by atoms with Gasteiger partial charge in [0.15, 0.2) is 0 Å². The Balaban J connectivity index is 0.000000443. The zero-order chi connectivity index (χ0) is 18.8. The second-order valence-corrected chi connectivity index (χ2v) is 9.92. The summed E-state index contributed by atoms with van der Waals surface area (Å²) in [6.07, 6.45) is 13.0. The quantitative estimate of drug-likeness (QED) is 0.616. The molecule has 143 valence electrons. The number of allylic oxidation sites excluding steroid dienone is 6. The molecule has 2 rings (SSSR count). The van der Waals surface area contributed by atoms with E-state index in [1.807, 2.05) is 0 Å². The largest absolute Gasteiger partial charge is 2.00 e. The maximum atomic E-state index is 10.9. The van der Waals surface area contributed by atoms with Gasteiger partial charge in [-0.25, -0.2) is 16.8 Å². The molecule has 4 atom stereocenters. The van der Waals surface area contributed by atoms with Gasteiger partial charge in [0.25, 0.3) is 0 Å². The topological polar surface area (TPSA) is 114 Å². The third-order valence-electron chi connectivity index (χ3n) is 4.76. The van der Waals surface area contributed by atoms with Crippen LogP contribution in [0.2, 0.25) is 0 Å². The molecule has 0 aromatic heterocycles. The van der Waals surface area contributed by atoms with Gasteiger partial charge in [-0.2, -0.15) is 0 Å². The summed E-state index contributed by atoms with van der Waals surface area (Å²) in [5, 5.41) is 0. The Kier molecular flexibility index (Phi) is 8.08. The summed E-state index contributed by atoms with van der Waals surface area (Å²) in [4.78, 5) is 0. The predicted octanol–water partition coefficient (Wildman–Crippen LogP) is 2.10. The monoisotopic (exact) mass is 433 g/mol. The first-order valence-electron chi connectivity index (χ1n) is 7.38. The van der Waals surface area contributed by atoms with E-state index in [1.165, 1.54) is 26.0 Å². The van der Waals surface area contributed by atoms with Crippen LogP contribution in [-0.4, -0.2) is 35.4 Å². The van der Waals surface area contributed by atoms with E-state index >= 15 is 0 Å². The molecule has 0 bridgehead atoms. The van der Waals surface area contributed by atoms with Crippen LogP contribution in [0.25, 0.3) is 0 Å². The minimum absolute atomic E-state index is 0. The van der Waals surface area contributed by atoms with Crippen molar-refractivity contribution in [2.75, 3.05) is 0 Å². The van der Waals surface area contributed by atoms with E-state index in [2.05, 4.69) is 0 Å². The summed E-state index contributed by atoms with van der Waals surface area (Å²) in [5.41, 5.74) is 0. The Morgan fingerprint density at radius 3 is 1.16 bits per heavy atom. The van der Waals surface area contributed by atoms with Gasteiger partial charge in [0.1, 0.15) is 20.2 Å². The van der Waals surface area contributed by atoms with E-state index in [4.69, 9.17) is 0 Å². The molecular formula is C16H22CoO6S2. The molecule has 0 aromatic carbocycles. The molecule has 0 aliphatic heterocycles. The van der Waals surface area contributed by atoms with Gasteiger partial charge in [0, 0.05) is 0 Å². The Labute approximate surface area is 160 Å². The Bertz CT molecular complexity index is 726. The zero-order valence-corrected chi connectivity index (χ0v) is 17.0. The molecule has 6 nitrogen and oxygen atoms in total. The smallest absolute Gasteiger partial charge is 0.747 e. The summed E-state index contributed by atoms with van der Waals surface area (Å²) in [6.45, 7) is 6.32. The van der Waals surface area contributed by atoms with E-state index in [0.717, 1.165) is 0 Å². The van der Waals surface area contributed by atoms with Gasteiger partial charge >= 0.3 is 16.8 Å². The molecule has 2 aliphatic carbocycles. The van der Waals surface area contributed by atoms with Crippen molar-refractivity contribution in [1.82, 2.24) is 0 Å². The third-order valence-corrected chi connectivity index (χ3v) is 7.93. The SMILES string of the molecule is CC1C=CC=CC1(C)S(=O)(=O)[O-].CC1C=CC=CC1(C)S(=O)(=O)[O-].[Co+2]. The van der Waals surface area contributed by atoms with Gasteiger partial charge in [-0.3, -0.25) is 0 Å². The molecule has 25 heavy (non-hydrogen) atoms. The average Bonchev–Trinajstić information content (AvgIpc) is 2.44. The van der Waals surface area contributed by atoms with Crippen LogP contribution in [0.1, 0.15) is 27.7 Å². The summed E-state index contributed by atoms with van der Waals surface area (Å²) >= 11 is 0. The molecule has 2 aliphatic rings. The van der Waals surface area contributed by atoms with Crippen molar-refractivity contribution in [2.45, 2.75) is 37.2 Å². The Morgan fingerprint density at radius 2 is 1.00 bits per heavy atom. The fraction of sp³-hybridized carbons (Fsp3) is 0.500. The number of hydrogen-bond acceptors (Lipinski definition) is 6. The summed E-state index contributed by atoms with van der Waals surface area (Å²) in [6, 6.07) is 0. The standard InChI is InChI=1S/2C8H12O3S.Co/c2*1-7-5-3-4-6-8(7,2)12(9,10)11;/h2*3-7H,1-2H3,(H,9,10,11);/q;;+2/p-2. The first-order chi connectivity index (χ1) is 10.8. The normalized spacial score (nSPS) is 34.0. The van der Waals surface area contributed by atoms with Gasteiger partial charge in [-0.15, -0.1) is 0 Å². The fourth-order valence-electron chi connectivity index (χ4n) is 2.26. The second kappa shape index (κ2) is 8.32. The first kappa shape index (κ1) is 24.3. The second-order valence-electron chi connectivity index (χ2n) is 6.34. The first-order valence-corrected chi connectivity index (χ1v) is 10.2. The molecule has 0 spiro atoms. The van der Waals surface area contributed by atoms with Crippen LogP contribution in [0.3, 0.4) is 0 Å². The average molecular weight is 433 g/mol. The molecule has 4 unspecified atom stereocenters. The van der Waals surface area contributed by atoms with Crippen LogP contribution < -0.4 is 0 Å². The number of rotatable bonds is 2.